The zero-order valence-corrected chi connectivity index (χ0v) is 13.2. The number of hydrogen-bond acceptors (Lipinski definition) is 5. The van der Waals surface area contributed by atoms with E-state index in [4.69, 9.17) is 21.4 Å². The van der Waals surface area contributed by atoms with Gasteiger partial charge in [0.1, 0.15) is 0 Å². The summed E-state index contributed by atoms with van der Waals surface area (Å²) in [5.74, 6) is -0.100. The molecule has 0 unspecified atom stereocenters. The lowest BCUT2D eigenvalue weighted by Gasteiger charge is -2.20. The minimum atomic E-state index is -0.250. The zero-order valence-electron chi connectivity index (χ0n) is 12.4. The number of hydrogen-bond donors (Lipinski definition) is 4. The van der Waals surface area contributed by atoms with E-state index in [1.165, 1.54) is 11.3 Å². The van der Waals surface area contributed by atoms with Crippen LogP contribution in [0.1, 0.15) is 42.7 Å². The summed E-state index contributed by atoms with van der Waals surface area (Å²) in [5, 5.41) is 10.4. The maximum absolute atomic E-state index is 12.1. The van der Waals surface area contributed by atoms with Gasteiger partial charge in [0.2, 0.25) is 11.0 Å². The molecule has 2 rings (SSSR count). The number of thiazole rings is 1. The fraction of sp³-hybridized carbons (Fsp3) is 0.538. The molecule has 122 valence electrons. The van der Waals surface area contributed by atoms with E-state index in [2.05, 4.69) is 15.3 Å². The molecule has 8 nitrogen and oxygen atoms in total. The highest BCUT2D eigenvalue weighted by atomic mass is 32.1. The highest BCUT2D eigenvalue weighted by molar-refractivity contribution is 7.15. The van der Waals surface area contributed by atoms with Crippen LogP contribution in [-0.4, -0.2) is 35.0 Å². The molecular formula is C13H21N5O3S. The second kappa shape index (κ2) is 8.98. The highest BCUT2D eigenvalue weighted by Crippen LogP contribution is 2.37. The minimum Gasteiger partial charge on any atom is -0.483 e. The van der Waals surface area contributed by atoms with Crippen LogP contribution in [0.25, 0.3) is 0 Å². The van der Waals surface area contributed by atoms with Crippen LogP contribution in [-0.2, 0) is 16.0 Å². The Morgan fingerprint density at radius 2 is 2.27 bits per heavy atom. The van der Waals surface area contributed by atoms with E-state index < -0.39 is 0 Å². The Labute approximate surface area is 132 Å². The van der Waals surface area contributed by atoms with Gasteiger partial charge in [0.15, 0.2) is 5.96 Å². The van der Waals surface area contributed by atoms with E-state index in [1.54, 1.807) is 0 Å². The van der Waals surface area contributed by atoms with Crippen LogP contribution >= 0.6 is 11.3 Å². The number of guanidine groups is 1. The van der Waals surface area contributed by atoms with Gasteiger partial charge in [-0.3, -0.25) is 9.59 Å². The molecule has 22 heavy (non-hydrogen) atoms. The molecule has 1 aliphatic carbocycles. The number of carbonyl (C=O) groups excluding carboxylic acids is 1. The van der Waals surface area contributed by atoms with Gasteiger partial charge in [-0.1, -0.05) is 18.3 Å². The number of carbonyl (C=O) groups is 2. The summed E-state index contributed by atoms with van der Waals surface area (Å²) in [7, 11) is 0. The lowest BCUT2D eigenvalue weighted by Crippen LogP contribution is -2.31. The standard InChI is InChI=1S/C12H19N5OS.CH2O2/c1-2-6-15-10(18)7-4-3-5-8-9(7)16-12(19-8)17-11(13)14;2-1-3/h7H,2-6H2,1H3,(H,15,18)(H4,13,14,16,17);1H,(H,2,3)/t7-;/m0./s1. The first-order valence-corrected chi connectivity index (χ1v) is 7.79. The Morgan fingerprint density at radius 3 is 2.86 bits per heavy atom. The lowest BCUT2D eigenvalue weighted by molar-refractivity contribution is -0.123. The van der Waals surface area contributed by atoms with Gasteiger partial charge < -0.3 is 21.9 Å². The molecule has 0 fully saturated rings. The average molecular weight is 327 g/mol. The number of fused-ring (bicyclic) bond motifs is 1. The summed E-state index contributed by atoms with van der Waals surface area (Å²) in [5.41, 5.74) is 11.6. The van der Waals surface area contributed by atoms with E-state index in [-0.39, 0.29) is 24.3 Å². The van der Waals surface area contributed by atoms with Crippen molar-refractivity contribution in [3.63, 3.8) is 0 Å². The maximum atomic E-state index is 12.1. The Morgan fingerprint density at radius 1 is 1.59 bits per heavy atom. The van der Waals surface area contributed by atoms with Crippen molar-refractivity contribution in [2.24, 2.45) is 16.5 Å². The number of aromatic nitrogens is 1. The van der Waals surface area contributed by atoms with Gasteiger partial charge in [-0.05, 0) is 25.7 Å². The normalized spacial score (nSPS) is 15.8. The van der Waals surface area contributed by atoms with Crippen molar-refractivity contribution in [3.05, 3.63) is 10.6 Å². The third-order valence-electron chi connectivity index (χ3n) is 3.03. The van der Waals surface area contributed by atoms with Gasteiger partial charge in [0, 0.05) is 11.4 Å². The van der Waals surface area contributed by atoms with Gasteiger partial charge in [-0.2, -0.15) is 4.99 Å². The molecule has 0 saturated heterocycles. The van der Waals surface area contributed by atoms with Crippen molar-refractivity contribution >= 4 is 34.8 Å². The summed E-state index contributed by atoms with van der Waals surface area (Å²) >= 11 is 1.47. The molecule has 1 amide bonds. The van der Waals surface area contributed by atoms with Crippen LogP contribution in [0.5, 0.6) is 0 Å². The molecule has 0 bridgehead atoms. The number of nitrogens with one attached hydrogen (secondary N) is 1. The SMILES string of the molecule is CCCNC(=O)[C@H]1CCCc2sc(N=C(N)N)nc21.O=CO. The summed E-state index contributed by atoms with van der Waals surface area (Å²) in [6, 6.07) is 0. The molecule has 1 aliphatic rings. The summed E-state index contributed by atoms with van der Waals surface area (Å²) in [6.45, 7) is 2.49. The van der Waals surface area contributed by atoms with Crippen molar-refractivity contribution in [3.8, 4) is 0 Å². The van der Waals surface area contributed by atoms with Crippen molar-refractivity contribution in [1.82, 2.24) is 10.3 Å². The van der Waals surface area contributed by atoms with E-state index in [1.807, 2.05) is 6.92 Å². The van der Waals surface area contributed by atoms with Gasteiger partial charge >= 0.3 is 0 Å². The monoisotopic (exact) mass is 327 g/mol. The second-order valence-electron chi connectivity index (χ2n) is 4.68. The Bertz CT molecular complexity index is 540. The Kier molecular flexibility index (Phi) is 7.30. The first-order chi connectivity index (χ1) is 10.5. The van der Waals surface area contributed by atoms with Crippen LogP contribution in [0.4, 0.5) is 5.13 Å². The first-order valence-electron chi connectivity index (χ1n) is 6.98. The number of aryl methyl sites for hydroxylation is 1. The Balaban J connectivity index is 0.000000745. The third kappa shape index (κ3) is 4.99. The average Bonchev–Trinajstić information content (AvgIpc) is 2.86. The predicted molar refractivity (Wildman–Crippen MR) is 85.3 cm³/mol. The van der Waals surface area contributed by atoms with Gasteiger partial charge in [-0.15, -0.1) is 0 Å². The van der Waals surface area contributed by atoms with Gasteiger partial charge in [0.25, 0.3) is 6.47 Å². The molecular weight excluding hydrogens is 306 g/mol. The summed E-state index contributed by atoms with van der Waals surface area (Å²) < 4.78 is 0. The van der Waals surface area contributed by atoms with Crippen LogP contribution in [0.15, 0.2) is 4.99 Å². The van der Waals surface area contributed by atoms with E-state index >= 15 is 0 Å². The first kappa shape index (κ1) is 17.9. The van der Waals surface area contributed by atoms with E-state index in [9.17, 15) is 4.79 Å². The number of aliphatic imine (C=N–C) groups is 1. The zero-order chi connectivity index (χ0) is 16.5. The van der Waals surface area contributed by atoms with Crippen molar-refractivity contribution in [2.45, 2.75) is 38.5 Å². The summed E-state index contributed by atoms with van der Waals surface area (Å²) in [4.78, 5) is 30.0. The topological polar surface area (TPSA) is 144 Å². The largest absolute Gasteiger partial charge is 0.483 e. The number of nitrogens with zero attached hydrogens (tertiary/aromatic N) is 2. The van der Waals surface area contributed by atoms with Crippen LogP contribution < -0.4 is 16.8 Å². The van der Waals surface area contributed by atoms with Crippen molar-refractivity contribution in [2.75, 3.05) is 6.54 Å². The second-order valence-corrected chi connectivity index (χ2v) is 5.74. The predicted octanol–water partition coefficient (Wildman–Crippen LogP) is 0.695. The van der Waals surface area contributed by atoms with Gasteiger partial charge in [-0.25, -0.2) is 4.98 Å². The highest BCUT2D eigenvalue weighted by Gasteiger charge is 2.29. The molecule has 9 heteroatoms. The quantitative estimate of drug-likeness (QED) is 0.364. The Hall–Kier alpha value is -2.16. The molecule has 1 heterocycles. The van der Waals surface area contributed by atoms with Crippen LogP contribution in [0, 0.1) is 0 Å². The molecule has 6 N–H and O–H groups in total. The molecule has 1 aromatic heterocycles. The molecule has 0 aliphatic heterocycles. The molecule has 0 aromatic carbocycles. The number of rotatable bonds is 4. The molecule has 0 spiro atoms. The third-order valence-corrected chi connectivity index (χ3v) is 4.06. The van der Waals surface area contributed by atoms with Crippen LogP contribution in [0.3, 0.4) is 0 Å². The van der Waals surface area contributed by atoms with E-state index in [0.29, 0.717) is 11.7 Å². The van der Waals surface area contributed by atoms with Crippen molar-refractivity contribution in [1.29, 1.82) is 0 Å². The fourth-order valence-electron chi connectivity index (χ4n) is 2.19. The summed E-state index contributed by atoms with van der Waals surface area (Å²) in [6.07, 6.45) is 3.72. The number of nitrogens with two attached hydrogens (primary N) is 2. The molecule has 0 radical (unpaired) electrons. The minimum absolute atomic E-state index is 0.00178. The molecule has 1 aromatic rings. The fourth-order valence-corrected chi connectivity index (χ4v) is 3.24. The van der Waals surface area contributed by atoms with Gasteiger partial charge in [0.05, 0.1) is 11.6 Å². The number of amides is 1. The smallest absolute Gasteiger partial charge is 0.290 e. The number of carboxylic acid groups (broad SMARTS) is 1. The van der Waals surface area contributed by atoms with Crippen LogP contribution in [0.2, 0.25) is 0 Å². The van der Waals surface area contributed by atoms with Crippen molar-refractivity contribution < 1.29 is 14.7 Å². The molecule has 0 saturated carbocycles. The lowest BCUT2D eigenvalue weighted by atomic mass is 9.90. The molecule has 1 atom stereocenters. The maximum Gasteiger partial charge on any atom is 0.290 e. The van der Waals surface area contributed by atoms with E-state index in [0.717, 1.165) is 36.3 Å².